The van der Waals surface area contributed by atoms with Gasteiger partial charge in [0, 0.05) is 52.1 Å². The van der Waals surface area contributed by atoms with Gasteiger partial charge in [0.2, 0.25) is 0 Å². The van der Waals surface area contributed by atoms with E-state index in [1.165, 1.54) is 11.3 Å². The summed E-state index contributed by atoms with van der Waals surface area (Å²) in [6, 6.07) is 40.8. The normalized spacial score (nSPS) is 14.2. The number of aryl methyl sites for hydroxylation is 2. The molecule has 1 radical (unpaired) electrons. The van der Waals surface area contributed by atoms with Gasteiger partial charge in [-0.15, -0.1) is 54.1 Å². The van der Waals surface area contributed by atoms with Crippen molar-refractivity contribution in [3.63, 3.8) is 0 Å². The first-order valence-electron chi connectivity index (χ1n) is 17.3. The van der Waals surface area contributed by atoms with Gasteiger partial charge < -0.3 is 19.6 Å². The minimum Gasteiger partial charge on any atom is -0.498 e. The van der Waals surface area contributed by atoms with Gasteiger partial charge in [-0.2, -0.15) is 0 Å². The number of rotatable bonds is 4. The Balaban J connectivity index is 0.000000249. The molecule has 6 aromatic rings. The van der Waals surface area contributed by atoms with E-state index >= 15 is 0 Å². The summed E-state index contributed by atoms with van der Waals surface area (Å²) in [4.78, 5) is 10.9. The Bertz CT molecular complexity index is 2100. The molecule has 0 amide bonds. The first-order chi connectivity index (χ1) is 23.7. The van der Waals surface area contributed by atoms with Gasteiger partial charge in [-0.05, 0) is 60.1 Å². The molecule has 7 rings (SSSR count). The maximum absolute atomic E-state index is 7.89. The summed E-state index contributed by atoms with van der Waals surface area (Å²) in [6.07, 6.45) is 3.13. The number of hydrogen-bond acceptors (Lipinski definition) is 4. The summed E-state index contributed by atoms with van der Waals surface area (Å²) in [5, 5.41) is 1.40. The summed E-state index contributed by atoms with van der Waals surface area (Å²) in [5.74, 6) is 1.07. The molecular formula is C39H35IrN3OSi-2. The Kier molecular flexibility index (Phi) is 7.61. The molecule has 0 spiro atoms. The number of nitrogens with zero attached hydrogens (tertiary/aromatic N) is 3. The molecule has 0 atom stereocenters. The average molecular weight is 788 g/mol. The van der Waals surface area contributed by atoms with Crippen molar-refractivity contribution in [1.29, 1.82) is 0 Å². The number of ether oxygens (including phenoxy) is 1. The van der Waals surface area contributed by atoms with Gasteiger partial charge in [-0.1, -0.05) is 79.3 Å². The van der Waals surface area contributed by atoms with Crippen LogP contribution < -0.4 is 14.8 Å². The van der Waals surface area contributed by atoms with Crippen molar-refractivity contribution in [2.75, 3.05) is 4.90 Å². The fourth-order valence-corrected chi connectivity index (χ4v) is 5.94. The molecule has 0 saturated heterocycles. The molecule has 227 valence electrons. The number of fused-ring (bicyclic) bond motifs is 2. The van der Waals surface area contributed by atoms with Crippen LogP contribution in [-0.4, -0.2) is 18.0 Å². The number of benzene rings is 4. The van der Waals surface area contributed by atoms with E-state index in [2.05, 4.69) is 53.9 Å². The maximum Gasteiger partial charge on any atom is 0.138 e. The smallest absolute Gasteiger partial charge is 0.138 e. The van der Waals surface area contributed by atoms with Gasteiger partial charge in [0.15, 0.2) is 0 Å². The zero-order valence-corrected chi connectivity index (χ0v) is 28.5. The molecule has 2 aromatic heterocycles. The topological polar surface area (TPSA) is 38.3 Å². The zero-order valence-electron chi connectivity index (χ0n) is 31.1. The molecule has 1 aliphatic rings. The Hall–Kier alpha value is -4.35. The second-order valence-corrected chi connectivity index (χ2v) is 16.5. The van der Waals surface area contributed by atoms with Crippen LogP contribution in [-0.2, 0) is 20.1 Å². The van der Waals surface area contributed by atoms with Crippen LogP contribution in [0.15, 0.2) is 122 Å². The fourth-order valence-electron chi connectivity index (χ4n) is 4.91. The standard InChI is InChI=1S/C25H19N2O.C14H16NSi.Ir/c1-17-15-21(26-16-18(17)2)20-11-8-13-23-25(20)28-24-14-7-6-12-22(24)27(23)19-9-4-3-5-10-19;1-16(2,3)13-9-10-14(15-11-13)12-7-5-4-6-8-12;/h3-10,12-16H,1-2H3;4-7,9-11H,1-3H3;/q2*-1;/i1D3,2D3;;. The minimum atomic E-state index is -2.63. The van der Waals surface area contributed by atoms with Gasteiger partial charge in [0.1, 0.15) is 5.75 Å². The number of aromatic nitrogens is 2. The molecular weight excluding hydrogens is 747 g/mol. The Morgan fingerprint density at radius 3 is 2.18 bits per heavy atom. The van der Waals surface area contributed by atoms with E-state index in [9.17, 15) is 0 Å². The van der Waals surface area contributed by atoms with E-state index in [1.807, 2.05) is 96.0 Å². The first kappa shape index (κ1) is 24.9. The Morgan fingerprint density at radius 1 is 0.711 bits per heavy atom. The van der Waals surface area contributed by atoms with Gasteiger partial charge in [-0.3, -0.25) is 0 Å². The van der Waals surface area contributed by atoms with Crippen molar-refractivity contribution in [2.45, 2.75) is 33.3 Å². The molecule has 3 heterocycles. The zero-order chi connectivity index (χ0) is 35.7. The molecule has 4 nitrogen and oxygen atoms in total. The average Bonchev–Trinajstić information content (AvgIpc) is 3.10. The van der Waals surface area contributed by atoms with Crippen molar-refractivity contribution in [2.24, 2.45) is 0 Å². The van der Waals surface area contributed by atoms with Gasteiger partial charge in [-0.25, -0.2) is 0 Å². The molecule has 0 aliphatic carbocycles. The maximum atomic E-state index is 7.89. The number of pyridine rings is 2. The fraction of sp³-hybridized carbons (Fsp3) is 0.128. The Labute approximate surface area is 289 Å². The quantitative estimate of drug-likeness (QED) is 0.132. The van der Waals surface area contributed by atoms with Crippen LogP contribution in [0.3, 0.4) is 0 Å². The van der Waals surface area contributed by atoms with Crippen molar-refractivity contribution in [1.82, 2.24) is 9.97 Å². The summed E-state index contributed by atoms with van der Waals surface area (Å²) >= 11 is 0. The van der Waals surface area contributed by atoms with E-state index in [1.54, 1.807) is 6.07 Å². The number of anilines is 3. The molecule has 6 heteroatoms. The molecule has 45 heavy (non-hydrogen) atoms. The van der Waals surface area contributed by atoms with Crippen LogP contribution in [0.5, 0.6) is 11.5 Å². The number of para-hydroxylation sites is 3. The third-order valence-corrected chi connectivity index (χ3v) is 9.30. The van der Waals surface area contributed by atoms with Crippen LogP contribution in [0, 0.1) is 25.8 Å². The van der Waals surface area contributed by atoms with Crippen molar-refractivity contribution < 1.29 is 33.1 Å². The van der Waals surface area contributed by atoms with Crippen LogP contribution in [0.4, 0.5) is 17.1 Å². The second-order valence-electron chi connectivity index (χ2n) is 11.4. The van der Waals surface area contributed by atoms with Crippen molar-refractivity contribution in [3.05, 3.63) is 145 Å². The predicted octanol–water partition coefficient (Wildman–Crippen LogP) is 9.83. The monoisotopic (exact) mass is 788 g/mol. The molecule has 0 bridgehead atoms. The summed E-state index contributed by atoms with van der Waals surface area (Å²) in [5.41, 5.74) is 4.72. The predicted molar refractivity (Wildman–Crippen MR) is 184 cm³/mol. The third kappa shape index (κ3) is 6.99. The minimum absolute atomic E-state index is 0. The Morgan fingerprint density at radius 2 is 1.47 bits per heavy atom. The van der Waals surface area contributed by atoms with E-state index in [0.717, 1.165) is 34.5 Å². The molecule has 0 N–H and O–H groups in total. The van der Waals surface area contributed by atoms with Crippen LogP contribution in [0.1, 0.15) is 19.4 Å². The molecule has 0 unspecified atom stereocenters. The van der Waals surface area contributed by atoms with E-state index in [4.69, 9.17) is 13.0 Å². The van der Waals surface area contributed by atoms with E-state index < -0.39 is 21.8 Å². The third-order valence-electron chi connectivity index (χ3n) is 7.28. The van der Waals surface area contributed by atoms with Crippen molar-refractivity contribution in [3.8, 4) is 34.0 Å². The molecule has 0 saturated carbocycles. The molecule has 1 aliphatic heterocycles. The van der Waals surface area contributed by atoms with Crippen LogP contribution in [0.2, 0.25) is 19.6 Å². The second kappa shape index (κ2) is 13.7. The SMILES string of the molecule is C[Si](C)(C)c1ccc(-c2[c-]cccc2)nc1.[2H]C([2H])([2H])c1cnc(-c2[c-]ccc3c2Oc2ccccc2N3c2ccccc2)cc1C([2H])([2H])[2H].[Ir]. The van der Waals surface area contributed by atoms with Gasteiger partial charge in [0.05, 0.1) is 19.5 Å². The largest absolute Gasteiger partial charge is 0.498 e. The number of hydrogen-bond donors (Lipinski definition) is 0. The summed E-state index contributed by atoms with van der Waals surface area (Å²) in [6.45, 7) is 1.77. The molecule has 0 fully saturated rings. The van der Waals surface area contributed by atoms with Crippen molar-refractivity contribution >= 4 is 30.3 Å². The van der Waals surface area contributed by atoms with Gasteiger partial charge >= 0.3 is 0 Å². The van der Waals surface area contributed by atoms with Gasteiger partial charge in [0.25, 0.3) is 0 Å². The van der Waals surface area contributed by atoms with Crippen LogP contribution >= 0.6 is 0 Å². The summed E-state index contributed by atoms with van der Waals surface area (Å²) < 4.78 is 53.1. The first-order valence-corrected chi connectivity index (χ1v) is 17.8. The van der Waals surface area contributed by atoms with E-state index in [-0.39, 0.29) is 36.9 Å². The molecule has 4 aromatic carbocycles. The summed E-state index contributed by atoms with van der Waals surface area (Å²) in [7, 11) is -1.23. The van der Waals surface area contributed by atoms with E-state index in [0.29, 0.717) is 17.1 Å². The van der Waals surface area contributed by atoms with Crippen LogP contribution in [0.25, 0.3) is 22.5 Å².